The molecule has 0 amide bonds. The molecule has 0 fully saturated rings. The van der Waals surface area contributed by atoms with E-state index in [0.29, 0.717) is 19.1 Å². The zero-order valence-corrected chi connectivity index (χ0v) is 19.6. The fourth-order valence-corrected chi connectivity index (χ4v) is 3.56. The van der Waals surface area contributed by atoms with Crippen LogP contribution in [0.1, 0.15) is 57.4 Å². The van der Waals surface area contributed by atoms with Gasteiger partial charge in [-0.15, -0.1) is 0 Å². The normalized spacial score (nSPS) is 15.1. The summed E-state index contributed by atoms with van der Waals surface area (Å²) in [7, 11) is 0. The van der Waals surface area contributed by atoms with E-state index in [9.17, 15) is 48.7 Å². The molecule has 36 heavy (non-hydrogen) atoms. The standard InChI is InChI=1S/C24H19ClF10O/c1-11-6-15(7-12(2)21(11)25)17(23(30,31)32)10-19(26)14-4-5-16(18(9-14)24(33,34)35)20(36)8-13(3)22(27,28)29/h4-7,9-10,13,17H,8H2,1-3H3/b19-10-/t13-,17?/m0/s1. The molecule has 0 N–H and O–H groups in total. The topological polar surface area (TPSA) is 17.1 Å². The molecule has 0 spiro atoms. The van der Waals surface area contributed by atoms with Crippen LogP contribution in [0, 0.1) is 19.8 Å². The van der Waals surface area contributed by atoms with Crippen LogP contribution in [0.2, 0.25) is 5.02 Å². The molecule has 2 atom stereocenters. The first-order valence-electron chi connectivity index (χ1n) is 10.3. The van der Waals surface area contributed by atoms with Crippen LogP contribution >= 0.6 is 11.6 Å². The Labute approximate surface area is 204 Å². The van der Waals surface area contributed by atoms with Crippen molar-refractivity contribution in [3.63, 3.8) is 0 Å². The summed E-state index contributed by atoms with van der Waals surface area (Å²) in [6, 6.07) is 3.31. The predicted molar refractivity (Wildman–Crippen MR) is 114 cm³/mol. The molecule has 2 aromatic carbocycles. The van der Waals surface area contributed by atoms with E-state index in [0.717, 1.165) is 12.1 Å². The van der Waals surface area contributed by atoms with Gasteiger partial charge in [-0.1, -0.05) is 42.8 Å². The first kappa shape index (κ1) is 29.7. The number of aryl methyl sites for hydroxylation is 2. The quantitative estimate of drug-likeness (QED) is 0.260. The largest absolute Gasteiger partial charge is 0.417 e. The Balaban J connectivity index is 2.57. The van der Waals surface area contributed by atoms with Crippen LogP contribution in [0.4, 0.5) is 43.9 Å². The maximum absolute atomic E-state index is 14.9. The van der Waals surface area contributed by atoms with Crippen molar-refractivity contribution in [1.29, 1.82) is 0 Å². The van der Waals surface area contributed by atoms with Gasteiger partial charge in [-0.3, -0.25) is 4.79 Å². The molecule has 0 aliphatic rings. The van der Waals surface area contributed by atoms with Gasteiger partial charge in [0.2, 0.25) is 0 Å². The van der Waals surface area contributed by atoms with Gasteiger partial charge in [0.15, 0.2) is 5.78 Å². The molecule has 0 aromatic heterocycles. The zero-order chi connectivity index (χ0) is 27.8. The van der Waals surface area contributed by atoms with E-state index >= 15 is 0 Å². The van der Waals surface area contributed by atoms with Crippen molar-refractivity contribution in [3.8, 4) is 0 Å². The van der Waals surface area contributed by atoms with Gasteiger partial charge in [0, 0.05) is 22.6 Å². The highest BCUT2D eigenvalue weighted by Crippen LogP contribution is 2.41. The Hall–Kier alpha value is -2.56. The lowest BCUT2D eigenvalue weighted by molar-refractivity contribution is -0.168. The van der Waals surface area contributed by atoms with Crippen LogP contribution in [0.25, 0.3) is 5.83 Å². The van der Waals surface area contributed by atoms with Crippen LogP contribution in [-0.2, 0) is 6.18 Å². The molecule has 0 bridgehead atoms. The fraction of sp³-hybridized carbons (Fsp3) is 0.375. The molecule has 0 saturated heterocycles. The number of benzene rings is 2. The van der Waals surface area contributed by atoms with Gasteiger partial charge >= 0.3 is 18.5 Å². The lowest BCUT2D eigenvalue weighted by atomic mass is 9.92. The van der Waals surface area contributed by atoms with Crippen molar-refractivity contribution < 1.29 is 48.7 Å². The minimum Gasteiger partial charge on any atom is -0.294 e. The number of hydrogen-bond acceptors (Lipinski definition) is 1. The van der Waals surface area contributed by atoms with Gasteiger partial charge in [0.25, 0.3) is 0 Å². The van der Waals surface area contributed by atoms with E-state index in [-0.39, 0.29) is 28.3 Å². The number of allylic oxidation sites excluding steroid dienone is 1. The highest BCUT2D eigenvalue weighted by Gasteiger charge is 2.42. The monoisotopic (exact) mass is 548 g/mol. The van der Waals surface area contributed by atoms with Crippen LogP contribution in [0.15, 0.2) is 36.4 Å². The number of ketones is 1. The van der Waals surface area contributed by atoms with Crippen molar-refractivity contribution in [1.82, 2.24) is 0 Å². The smallest absolute Gasteiger partial charge is 0.294 e. The Bertz CT molecular complexity index is 1140. The van der Waals surface area contributed by atoms with Crippen molar-refractivity contribution in [2.24, 2.45) is 5.92 Å². The minimum absolute atomic E-state index is 0.0881. The third kappa shape index (κ3) is 7.02. The Kier molecular flexibility index (Phi) is 8.60. The van der Waals surface area contributed by atoms with Crippen LogP contribution < -0.4 is 0 Å². The second-order valence-corrected chi connectivity index (χ2v) is 8.71. The molecule has 1 nitrogen and oxygen atoms in total. The van der Waals surface area contributed by atoms with E-state index < -0.39 is 70.6 Å². The molecule has 0 saturated carbocycles. The minimum atomic E-state index is -5.30. The van der Waals surface area contributed by atoms with E-state index in [2.05, 4.69) is 0 Å². The Morgan fingerprint density at radius 3 is 1.89 bits per heavy atom. The second-order valence-electron chi connectivity index (χ2n) is 8.33. The van der Waals surface area contributed by atoms with Crippen molar-refractivity contribution >= 4 is 23.2 Å². The molecular weight excluding hydrogens is 530 g/mol. The highest BCUT2D eigenvalue weighted by atomic mass is 35.5. The summed E-state index contributed by atoms with van der Waals surface area (Å²) < 4.78 is 135. The summed E-state index contributed by atoms with van der Waals surface area (Å²) in [6.07, 6.45) is -16.4. The average Bonchev–Trinajstić information content (AvgIpc) is 2.72. The molecule has 12 heteroatoms. The van der Waals surface area contributed by atoms with E-state index in [1.807, 2.05) is 0 Å². The summed E-state index contributed by atoms with van der Waals surface area (Å²) in [4.78, 5) is 12.2. The zero-order valence-electron chi connectivity index (χ0n) is 18.9. The number of carbonyl (C=O) groups is 1. The van der Waals surface area contributed by atoms with Crippen LogP contribution in [0.5, 0.6) is 0 Å². The first-order chi connectivity index (χ1) is 16.2. The molecule has 0 radical (unpaired) electrons. The molecule has 1 unspecified atom stereocenters. The summed E-state index contributed by atoms with van der Waals surface area (Å²) in [5.74, 6) is -7.96. The summed E-state index contributed by atoms with van der Waals surface area (Å²) >= 11 is 5.96. The van der Waals surface area contributed by atoms with E-state index in [4.69, 9.17) is 11.6 Å². The van der Waals surface area contributed by atoms with E-state index in [1.54, 1.807) is 0 Å². The predicted octanol–water partition coefficient (Wildman–Crippen LogP) is 9.40. The number of alkyl halides is 9. The molecule has 198 valence electrons. The third-order valence-electron chi connectivity index (χ3n) is 5.44. The summed E-state index contributed by atoms with van der Waals surface area (Å²) in [5, 5.41) is 0.194. The lowest BCUT2D eigenvalue weighted by Gasteiger charge is -2.20. The van der Waals surface area contributed by atoms with Gasteiger partial charge in [-0.2, -0.15) is 39.5 Å². The summed E-state index contributed by atoms with van der Waals surface area (Å²) in [5.41, 5.74) is -3.70. The van der Waals surface area contributed by atoms with Gasteiger partial charge in [0.1, 0.15) is 11.7 Å². The number of carbonyl (C=O) groups excluding carboxylic acids is 1. The molecule has 0 aliphatic carbocycles. The van der Waals surface area contributed by atoms with E-state index in [1.165, 1.54) is 13.8 Å². The molecule has 2 aromatic rings. The SMILES string of the molecule is Cc1cc(C(/C=C(\F)c2ccc(C(=O)C[C@H](C)C(F)(F)F)c(C(F)(F)F)c2)C(F)(F)F)cc(C)c1Cl. The summed E-state index contributed by atoms with van der Waals surface area (Å²) in [6.45, 7) is 3.47. The highest BCUT2D eigenvalue weighted by molar-refractivity contribution is 6.32. The maximum atomic E-state index is 14.9. The van der Waals surface area contributed by atoms with Gasteiger partial charge in [-0.25, -0.2) is 4.39 Å². The van der Waals surface area contributed by atoms with Gasteiger partial charge < -0.3 is 0 Å². The lowest BCUT2D eigenvalue weighted by Crippen LogP contribution is -2.24. The number of Topliss-reactive ketones (excluding diaryl/α,β-unsaturated/α-hetero) is 1. The average molecular weight is 549 g/mol. The molecule has 0 aliphatic heterocycles. The molecule has 0 heterocycles. The molecule has 2 rings (SSSR count). The molecular formula is C24H19ClF10O. The first-order valence-corrected chi connectivity index (χ1v) is 10.6. The van der Waals surface area contributed by atoms with Crippen molar-refractivity contribution in [2.45, 2.75) is 51.6 Å². The fourth-order valence-electron chi connectivity index (χ4n) is 3.46. The Morgan fingerprint density at radius 2 is 1.44 bits per heavy atom. The Morgan fingerprint density at radius 1 is 0.917 bits per heavy atom. The van der Waals surface area contributed by atoms with Crippen molar-refractivity contribution in [3.05, 3.63) is 74.8 Å². The number of hydrogen-bond donors (Lipinski definition) is 0. The van der Waals surface area contributed by atoms with Crippen molar-refractivity contribution in [2.75, 3.05) is 0 Å². The third-order valence-corrected chi connectivity index (χ3v) is 6.03. The van der Waals surface area contributed by atoms with Gasteiger partial charge in [-0.05, 0) is 42.7 Å². The number of halogens is 11. The maximum Gasteiger partial charge on any atom is 0.417 e. The van der Waals surface area contributed by atoms with Crippen LogP contribution in [0.3, 0.4) is 0 Å². The number of rotatable bonds is 6. The van der Waals surface area contributed by atoms with Gasteiger partial charge in [0.05, 0.1) is 11.5 Å². The van der Waals surface area contributed by atoms with Crippen LogP contribution in [-0.4, -0.2) is 18.1 Å². The second kappa shape index (κ2) is 10.4.